The van der Waals surface area contributed by atoms with Gasteiger partial charge in [-0.15, -0.1) is 0 Å². The molecule has 0 bridgehead atoms. The van der Waals surface area contributed by atoms with Gasteiger partial charge in [0.25, 0.3) is 0 Å². The van der Waals surface area contributed by atoms with Crippen molar-refractivity contribution in [1.29, 1.82) is 0 Å². The number of hydrogen-bond acceptors (Lipinski definition) is 4. The van der Waals surface area contributed by atoms with Crippen LogP contribution in [0.2, 0.25) is 0 Å². The van der Waals surface area contributed by atoms with Crippen LogP contribution in [0.15, 0.2) is 54.6 Å². The van der Waals surface area contributed by atoms with Crippen LogP contribution in [0.4, 0.5) is 5.69 Å². The largest absolute Gasteiger partial charge is 0.426 e. The predicted molar refractivity (Wildman–Crippen MR) is 105 cm³/mol. The van der Waals surface area contributed by atoms with Crippen molar-refractivity contribution < 1.29 is 19.1 Å². The van der Waals surface area contributed by atoms with Crippen molar-refractivity contribution in [3.8, 4) is 5.75 Å². The zero-order chi connectivity index (χ0) is 19.7. The molecule has 2 aromatic rings. The van der Waals surface area contributed by atoms with E-state index in [1.807, 2.05) is 30.3 Å². The summed E-state index contributed by atoms with van der Waals surface area (Å²) in [5, 5.41) is 0. The van der Waals surface area contributed by atoms with E-state index < -0.39 is 0 Å². The normalized spacial score (nSPS) is 24.2. The van der Waals surface area contributed by atoms with Gasteiger partial charge in [-0.2, -0.15) is 0 Å². The number of carbonyl (C=O) groups is 3. The van der Waals surface area contributed by atoms with Gasteiger partial charge in [0.2, 0.25) is 11.8 Å². The van der Waals surface area contributed by atoms with E-state index in [1.165, 1.54) is 4.90 Å². The van der Waals surface area contributed by atoms with Crippen LogP contribution >= 0.6 is 0 Å². The first-order valence-corrected chi connectivity index (χ1v) is 9.75. The van der Waals surface area contributed by atoms with Gasteiger partial charge in [0.15, 0.2) is 0 Å². The molecule has 144 valence electrons. The van der Waals surface area contributed by atoms with Crippen LogP contribution in [0.5, 0.6) is 5.75 Å². The standard InChI is InChI=1S/C23H23NO4/c1-15-7-12-19-20(13-15)23(27)24(22(19)26)17-8-10-18(11-9-17)28-21(25)14-16-5-3-2-4-6-16/h2-6,8-11,15,19-20H,7,12-14H2,1H3/t15-,19+,20+/m1/s1. The Morgan fingerprint density at radius 1 is 0.964 bits per heavy atom. The summed E-state index contributed by atoms with van der Waals surface area (Å²) < 4.78 is 5.37. The fraction of sp³-hybridized carbons (Fsp3) is 0.348. The van der Waals surface area contributed by atoms with Crippen LogP contribution < -0.4 is 9.64 Å². The van der Waals surface area contributed by atoms with Gasteiger partial charge in [-0.25, -0.2) is 0 Å². The highest BCUT2D eigenvalue weighted by Crippen LogP contribution is 2.42. The molecular weight excluding hydrogens is 354 g/mol. The van der Waals surface area contributed by atoms with E-state index in [1.54, 1.807) is 24.3 Å². The van der Waals surface area contributed by atoms with E-state index in [0.717, 1.165) is 24.8 Å². The second-order valence-electron chi connectivity index (χ2n) is 7.77. The maximum Gasteiger partial charge on any atom is 0.315 e. The lowest BCUT2D eigenvalue weighted by Gasteiger charge is -2.25. The van der Waals surface area contributed by atoms with Gasteiger partial charge in [0.1, 0.15) is 5.75 Å². The van der Waals surface area contributed by atoms with Crippen molar-refractivity contribution >= 4 is 23.5 Å². The maximum atomic E-state index is 12.8. The highest BCUT2D eigenvalue weighted by Gasteiger charge is 2.49. The minimum atomic E-state index is -0.354. The Kier molecular flexibility index (Phi) is 4.99. The third kappa shape index (κ3) is 3.57. The molecule has 1 aliphatic carbocycles. The molecule has 0 unspecified atom stereocenters. The van der Waals surface area contributed by atoms with Gasteiger partial charge in [0, 0.05) is 0 Å². The first-order chi connectivity index (χ1) is 13.5. The van der Waals surface area contributed by atoms with E-state index in [0.29, 0.717) is 17.4 Å². The molecule has 4 rings (SSSR count). The number of fused-ring (bicyclic) bond motifs is 1. The Bertz CT molecular complexity index is 891. The van der Waals surface area contributed by atoms with Gasteiger partial charge < -0.3 is 4.74 Å². The van der Waals surface area contributed by atoms with Crippen molar-refractivity contribution in [3.63, 3.8) is 0 Å². The first kappa shape index (κ1) is 18.4. The van der Waals surface area contributed by atoms with Crippen molar-refractivity contribution in [2.45, 2.75) is 32.6 Å². The van der Waals surface area contributed by atoms with Crippen molar-refractivity contribution in [2.75, 3.05) is 4.90 Å². The third-order valence-corrected chi connectivity index (χ3v) is 5.71. The van der Waals surface area contributed by atoms with Gasteiger partial charge in [-0.3, -0.25) is 19.3 Å². The van der Waals surface area contributed by atoms with Crippen LogP contribution in [0.25, 0.3) is 0 Å². The number of ether oxygens (including phenoxy) is 1. The fourth-order valence-corrected chi connectivity index (χ4v) is 4.24. The lowest BCUT2D eigenvalue weighted by Crippen LogP contribution is -2.30. The second kappa shape index (κ2) is 7.58. The van der Waals surface area contributed by atoms with E-state index in [2.05, 4.69) is 6.92 Å². The minimum absolute atomic E-state index is 0.101. The number of esters is 1. The number of nitrogens with zero attached hydrogens (tertiary/aromatic N) is 1. The fourth-order valence-electron chi connectivity index (χ4n) is 4.24. The Morgan fingerprint density at radius 2 is 1.64 bits per heavy atom. The first-order valence-electron chi connectivity index (χ1n) is 9.75. The number of rotatable bonds is 4. The van der Waals surface area contributed by atoms with E-state index in [-0.39, 0.29) is 36.0 Å². The average Bonchev–Trinajstić information content (AvgIpc) is 2.93. The summed E-state index contributed by atoms with van der Waals surface area (Å²) in [5.74, 6) is -0.0655. The molecule has 1 heterocycles. The Labute approximate surface area is 164 Å². The number of carbonyl (C=O) groups excluding carboxylic acids is 3. The van der Waals surface area contributed by atoms with Gasteiger partial charge in [-0.1, -0.05) is 37.3 Å². The lowest BCUT2D eigenvalue weighted by molar-refractivity contribution is -0.133. The molecule has 1 saturated heterocycles. The van der Waals surface area contributed by atoms with Crippen molar-refractivity contribution in [3.05, 3.63) is 60.2 Å². The molecular formula is C23H23NO4. The van der Waals surface area contributed by atoms with Crippen molar-refractivity contribution in [2.24, 2.45) is 17.8 Å². The van der Waals surface area contributed by atoms with E-state index in [9.17, 15) is 14.4 Å². The molecule has 2 aliphatic rings. The van der Waals surface area contributed by atoms with E-state index in [4.69, 9.17) is 4.74 Å². The number of imide groups is 1. The summed E-state index contributed by atoms with van der Waals surface area (Å²) in [6.07, 6.45) is 2.74. The highest BCUT2D eigenvalue weighted by atomic mass is 16.5. The second-order valence-corrected chi connectivity index (χ2v) is 7.77. The number of hydrogen-bond donors (Lipinski definition) is 0. The van der Waals surface area contributed by atoms with Crippen LogP contribution in [-0.2, 0) is 20.8 Å². The number of benzene rings is 2. The molecule has 2 fully saturated rings. The topological polar surface area (TPSA) is 63.7 Å². The Hall–Kier alpha value is -2.95. The summed E-state index contributed by atoms with van der Waals surface area (Å²) in [6, 6.07) is 16.0. The lowest BCUT2D eigenvalue weighted by atomic mass is 9.76. The summed E-state index contributed by atoms with van der Waals surface area (Å²) in [7, 11) is 0. The smallest absolute Gasteiger partial charge is 0.315 e. The maximum absolute atomic E-state index is 12.8. The van der Waals surface area contributed by atoms with Gasteiger partial charge in [0.05, 0.1) is 23.9 Å². The summed E-state index contributed by atoms with van der Waals surface area (Å²) >= 11 is 0. The average molecular weight is 377 g/mol. The van der Waals surface area contributed by atoms with Crippen LogP contribution in [0, 0.1) is 17.8 Å². The molecule has 0 spiro atoms. The predicted octanol–water partition coefficient (Wildman–Crippen LogP) is 3.76. The van der Waals surface area contributed by atoms with E-state index >= 15 is 0 Å². The quantitative estimate of drug-likeness (QED) is 0.462. The van der Waals surface area contributed by atoms with Crippen LogP contribution in [0.3, 0.4) is 0 Å². The zero-order valence-electron chi connectivity index (χ0n) is 15.8. The number of amides is 2. The zero-order valence-corrected chi connectivity index (χ0v) is 15.8. The summed E-state index contributed by atoms with van der Waals surface area (Å²) in [5.41, 5.74) is 1.43. The molecule has 5 nitrogen and oxygen atoms in total. The Morgan fingerprint density at radius 3 is 2.36 bits per heavy atom. The summed E-state index contributed by atoms with van der Waals surface area (Å²) in [6.45, 7) is 2.13. The molecule has 1 saturated carbocycles. The molecule has 0 radical (unpaired) electrons. The Balaban J connectivity index is 1.44. The van der Waals surface area contributed by atoms with Gasteiger partial charge in [-0.05, 0) is 55.0 Å². The molecule has 28 heavy (non-hydrogen) atoms. The third-order valence-electron chi connectivity index (χ3n) is 5.71. The highest BCUT2D eigenvalue weighted by molar-refractivity contribution is 6.22. The SMILES string of the molecule is C[C@@H]1CC[C@@H]2C(=O)N(c3ccc(OC(=O)Cc4ccccc4)cc3)C(=O)[C@H]2C1. The summed E-state index contributed by atoms with van der Waals surface area (Å²) in [4.78, 5) is 38.9. The molecule has 2 amide bonds. The van der Waals surface area contributed by atoms with Crippen LogP contribution in [-0.4, -0.2) is 17.8 Å². The monoisotopic (exact) mass is 377 g/mol. The van der Waals surface area contributed by atoms with Crippen LogP contribution in [0.1, 0.15) is 31.7 Å². The molecule has 0 aromatic heterocycles. The number of anilines is 1. The molecule has 0 N–H and O–H groups in total. The van der Waals surface area contributed by atoms with Gasteiger partial charge >= 0.3 is 5.97 Å². The molecule has 2 aromatic carbocycles. The van der Waals surface area contributed by atoms with Crippen molar-refractivity contribution in [1.82, 2.24) is 0 Å². The molecule has 5 heteroatoms. The molecule has 3 atom stereocenters. The molecule has 1 aliphatic heterocycles. The minimum Gasteiger partial charge on any atom is -0.426 e.